The molecular weight excluding hydrogens is 890 g/mol. The van der Waals surface area contributed by atoms with Crippen molar-refractivity contribution < 1.29 is 146 Å². The van der Waals surface area contributed by atoms with Crippen molar-refractivity contribution in [2.24, 2.45) is 0 Å². The SMILES string of the molecule is CCCCCCCC(=O)O[C@H](COC(=O)CCCCCCCNC(=O)CCCC[C@H]1SC[C@@H]2NC(=O)N[C@@H]21)COP(=O)([O-])OC1[C@H](O)[C@H](O)C(OP(=O)([O-])O)[C@H](O)[C@H]1O.[Na+].[Na+]. The summed E-state index contributed by atoms with van der Waals surface area (Å²) in [5.41, 5.74) is 0. The number of hydrogen-bond donors (Lipinski definition) is 8. The number of phosphoric ester groups is 2. The van der Waals surface area contributed by atoms with Gasteiger partial charge in [-0.25, -0.2) is 4.79 Å². The maximum absolute atomic E-state index is 12.7. The number of esters is 2. The minimum Gasteiger partial charge on any atom is -0.756 e. The number of unbranched alkanes of at least 4 members (excludes halogenated alkanes) is 9. The van der Waals surface area contributed by atoms with Crippen LogP contribution in [0, 0.1) is 0 Å². The molecule has 12 atom stereocenters. The van der Waals surface area contributed by atoms with Crippen molar-refractivity contribution in [2.75, 3.05) is 25.5 Å². The van der Waals surface area contributed by atoms with Gasteiger partial charge in [-0.1, -0.05) is 58.3 Å². The molecule has 26 heteroatoms. The number of aliphatic hydroxyl groups is 4. The number of nitrogens with one attached hydrogen (secondary N) is 3. The van der Waals surface area contributed by atoms with Crippen molar-refractivity contribution in [2.45, 2.75) is 170 Å². The first-order valence-corrected chi connectivity index (χ1v) is 24.3. The van der Waals surface area contributed by atoms with Crippen LogP contribution in [0.1, 0.15) is 110 Å². The fourth-order valence-corrected chi connectivity index (χ4v) is 10.0. The number of ether oxygens (including phenoxy) is 2. The summed E-state index contributed by atoms with van der Waals surface area (Å²) in [5.74, 6) is -0.455. The van der Waals surface area contributed by atoms with E-state index in [0.717, 1.165) is 70.0 Å². The van der Waals surface area contributed by atoms with Gasteiger partial charge in [-0.15, -0.1) is 0 Å². The zero-order valence-corrected chi connectivity index (χ0v) is 41.9. The maximum Gasteiger partial charge on any atom is 1.00 e. The number of hydrogen-bond acceptors (Lipinski definition) is 18. The van der Waals surface area contributed by atoms with Crippen molar-refractivity contribution >= 4 is 51.3 Å². The Morgan fingerprint density at radius 3 is 1.97 bits per heavy atom. The number of urea groups is 1. The van der Waals surface area contributed by atoms with Crippen molar-refractivity contribution in [3.63, 3.8) is 0 Å². The van der Waals surface area contributed by atoms with E-state index in [1.807, 2.05) is 18.7 Å². The van der Waals surface area contributed by atoms with Crippen LogP contribution in [-0.4, -0.2) is 135 Å². The molecule has 2 aliphatic heterocycles. The Hall–Kier alpha value is 0.0900. The van der Waals surface area contributed by atoms with Gasteiger partial charge in [-0.2, -0.15) is 11.8 Å². The van der Waals surface area contributed by atoms with Crippen LogP contribution in [0.15, 0.2) is 0 Å². The molecule has 3 rings (SSSR count). The van der Waals surface area contributed by atoms with Crippen LogP contribution < -0.4 is 84.9 Å². The third-order valence-electron chi connectivity index (χ3n) is 10.1. The molecule has 0 radical (unpaired) electrons. The molecule has 1 aliphatic carbocycles. The van der Waals surface area contributed by atoms with Crippen LogP contribution in [-0.2, 0) is 46.6 Å². The van der Waals surface area contributed by atoms with Gasteiger partial charge in [-0.05, 0) is 32.1 Å². The number of phosphoric acid groups is 2. The summed E-state index contributed by atoms with van der Waals surface area (Å²) in [6.07, 6.45) is -4.66. The number of aliphatic hydroxyl groups excluding tert-OH is 4. The smallest absolute Gasteiger partial charge is 0.756 e. The van der Waals surface area contributed by atoms with Crippen LogP contribution in [0.2, 0.25) is 0 Å². The molecule has 3 amide bonds. The van der Waals surface area contributed by atoms with Crippen molar-refractivity contribution in [3.05, 3.63) is 0 Å². The van der Waals surface area contributed by atoms with E-state index in [2.05, 4.69) is 25.0 Å². The summed E-state index contributed by atoms with van der Waals surface area (Å²) in [6, 6.07) is 0.235. The molecule has 342 valence electrons. The molecule has 0 aromatic carbocycles. The molecule has 2 saturated heterocycles. The summed E-state index contributed by atoms with van der Waals surface area (Å²) in [5, 5.41) is 50.2. The third-order valence-corrected chi connectivity index (χ3v) is 13.1. The quantitative estimate of drug-likeness (QED) is 0.0114. The Balaban J connectivity index is 0.00000930. The molecule has 0 spiro atoms. The average molecular weight is 952 g/mol. The Labute approximate surface area is 405 Å². The van der Waals surface area contributed by atoms with Gasteiger partial charge in [0, 0.05) is 36.8 Å². The molecule has 21 nitrogen and oxygen atoms in total. The van der Waals surface area contributed by atoms with E-state index in [9.17, 15) is 58.5 Å². The summed E-state index contributed by atoms with van der Waals surface area (Å²) in [4.78, 5) is 81.5. The molecule has 3 fully saturated rings. The monoisotopic (exact) mass is 951 g/mol. The van der Waals surface area contributed by atoms with Crippen LogP contribution in [0.5, 0.6) is 0 Å². The fraction of sp³-hybridized carbons (Fsp3) is 0.886. The van der Waals surface area contributed by atoms with E-state index >= 15 is 0 Å². The molecular formula is C35H61N3Na2O18P2S. The molecule has 2 heterocycles. The predicted octanol–water partition coefficient (Wildman–Crippen LogP) is -5.83. The normalized spacial score (nSPS) is 28.1. The Kier molecular flexibility index (Phi) is 29.4. The number of carbonyl (C=O) groups excluding carboxylic acids is 4. The van der Waals surface area contributed by atoms with Crippen LogP contribution >= 0.6 is 27.4 Å². The van der Waals surface area contributed by atoms with Crippen molar-refractivity contribution in [3.8, 4) is 0 Å². The zero-order chi connectivity index (χ0) is 43.6. The second kappa shape index (κ2) is 30.4. The summed E-state index contributed by atoms with van der Waals surface area (Å²) in [7, 11) is -11.1. The van der Waals surface area contributed by atoms with E-state index in [1.54, 1.807) is 0 Å². The van der Waals surface area contributed by atoms with Gasteiger partial charge < -0.3 is 74.1 Å². The summed E-state index contributed by atoms with van der Waals surface area (Å²) < 4.78 is 47.9. The molecule has 61 heavy (non-hydrogen) atoms. The van der Waals surface area contributed by atoms with Crippen molar-refractivity contribution in [1.29, 1.82) is 0 Å². The molecule has 3 aliphatic rings. The summed E-state index contributed by atoms with van der Waals surface area (Å²) >= 11 is 1.85. The minimum atomic E-state index is -5.58. The fourth-order valence-electron chi connectivity index (χ4n) is 6.95. The van der Waals surface area contributed by atoms with Gasteiger partial charge in [0.05, 0.1) is 18.7 Å². The van der Waals surface area contributed by atoms with E-state index in [4.69, 9.17) is 18.9 Å². The predicted molar refractivity (Wildman–Crippen MR) is 206 cm³/mol. The van der Waals surface area contributed by atoms with Gasteiger partial charge in [0.2, 0.25) is 5.91 Å². The van der Waals surface area contributed by atoms with Gasteiger partial charge in [0.15, 0.2) is 6.10 Å². The Morgan fingerprint density at radius 2 is 1.34 bits per heavy atom. The zero-order valence-electron chi connectivity index (χ0n) is 35.3. The number of thioether (sulfide) groups is 1. The van der Waals surface area contributed by atoms with Gasteiger partial charge in [-0.3, -0.25) is 23.5 Å². The van der Waals surface area contributed by atoms with Gasteiger partial charge >= 0.3 is 77.1 Å². The van der Waals surface area contributed by atoms with Crippen molar-refractivity contribution in [1.82, 2.24) is 16.0 Å². The number of rotatable bonds is 29. The van der Waals surface area contributed by atoms with Gasteiger partial charge in [0.25, 0.3) is 15.6 Å². The molecule has 4 unspecified atom stereocenters. The Morgan fingerprint density at radius 1 is 0.787 bits per heavy atom. The number of fused-ring (bicyclic) bond motifs is 1. The number of carbonyl (C=O) groups is 4. The largest absolute Gasteiger partial charge is 1.00 e. The van der Waals surface area contributed by atoms with E-state index in [-0.39, 0.29) is 96.0 Å². The molecule has 0 bridgehead atoms. The van der Waals surface area contributed by atoms with Crippen LogP contribution in [0.25, 0.3) is 0 Å². The molecule has 0 aromatic rings. The average Bonchev–Trinajstić information content (AvgIpc) is 3.73. The first-order valence-electron chi connectivity index (χ1n) is 20.3. The number of amides is 3. The minimum absolute atomic E-state index is 0. The van der Waals surface area contributed by atoms with E-state index in [0.29, 0.717) is 37.5 Å². The van der Waals surface area contributed by atoms with Crippen LogP contribution in [0.4, 0.5) is 4.79 Å². The molecule has 8 N–H and O–H groups in total. The van der Waals surface area contributed by atoms with E-state index in [1.165, 1.54) is 0 Å². The second-order valence-corrected chi connectivity index (χ2v) is 18.8. The first-order chi connectivity index (χ1) is 27.9. The third kappa shape index (κ3) is 22.4. The van der Waals surface area contributed by atoms with E-state index < -0.39 is 83.5 Å². The Bertz CT molecular complexity index is 1430. The second-order valence-electron chi connectivity index (χ2n) is 15.0. The summed E-state index contributed by atoms with van der Waals surface area (Å²) in [6.45, 7) is 1.06. The van der Waals surface area contributed by atoms with Gasteiger partial charge in [0.1, 0.15) is 43.2 Å². The first kappa shape index (κ1) is 59.1. The molecule has 1 saturated carbocycles. The maximum atomic E-state index is 12.7. The molecule has 0 aromatic heterocycles. The van der Waals surface area contributed by atoms with Crippen LogP contribution in [0.3, 0.4) is 0 Å². The standard InChI is InChI=1S/C35H63N3O18P2S.2Na/c1-2-3-4-6-10-17-27(41)54-22(20-53-58(50,51)56-34-31(44)29(42)33(30(43)32(34)45)55-57(47,48)49)19-52-26(40)16-9-7-5-8-13-18-36-25(39)15-12-11-14-24-28-23(21-59-24)37-35(46)38-28;;/h22-24,28-34,42-45H,2-21H2,1H3,(H,36,39)(H,50,51)(H2,37,38,46)(H2,47,48,49);;/q;2*+1/p-2/t22-,23+,24-,28+,29-,30+,31-,32-,33?,34?;;/m1../s1. The topological polar surface area (TPSA) is 332 Å².